The minimum atomic E-state index is -0.255. The van der Waals surface area contributed by atoms with E-state index in [0.717, 1.165) is 61.4 Å². The third-order valence-electron chi connectivity index (χ3n) is 8.41. The number of anilines is 3. The van der Waals surface area contributed by atoms with Crippen LogP contribution < -0.4 is 16.0 Å². The fourth-order valence-electron chi connectivity index (χ4n) is 5.75. The van der Waals surface area contributed by atoms with Crippen LogP contribution in [0.1, 0.15) is 69.5 Å². The molecule has 0 saturated carbocycles. The molecule has 4 heterocycles. The van der Waals surface area contributed by atoms with Crippen LogP contribution in [0.5, 0.6) is 0 Å². The zero-order valence-corrected chi connectivity index (χ0v) is 27.1. The van der Waals surface area contributed by atoms with Crippen molar-refractivity contribution >= 4 is 35.0 Å². The van der Waals surface area contributed by atoms with E-state index >= 15 is 0 Å². The topological polar surface area (TPSA) is 129 Å². The summed E-state index contributed by atoms with van der Waals surface area (Å²) >= 11 is 0. The van der Waals surface area contributed by atoms with E-state index in [1.165, 1.54) is 0 Å². The molecule has 2 aromatic heterocycles. The molecule has 0 aliphatic carbocycles. The summed E-state index contributed by atoms with van der Waals surface area (Å²) in [6.45, 7) is 9.57. The molecule has 0 spiro atoms. The third-order valence-corrected chi connectivity index (χ3v) is 8.41. The van der Waals surface area contributed by atoms with Gasteiger partial charge in [-0.2, -0.15) is 19.6 Å². The molecule has 0 radical (unpaired) electrons. The van der Waals surface area contributed by atoms with E-state index < -0.39 is 0 Å². The number of nitrogens with one attached hydrogen (secondary N) is 3. The predicted octanol–water partition coefficient (Wildman–Crippen LogP) is 4.31. The molecule has 45 heavy (non-hydrogen) atoms. The second-order valence-electron chi connectivity index (χ2n) is 12.7. The van der Waals surface area contributed by atoms with Crippen molar-refractivity contribution in [1.82, 2.24) is 29.4 Å². The zero-order chi connectivity index (χ0) is 31.9. The number of ether oxygens (including phenoxy) is 1. The molecule has 5 rings (SSSR count). The molecule has 2 atom stereocenters. The molecule has 0 bridgehead atoms. The first kappa shape index (κ1) is 32.4. The lowest BCUT2D eigenvalue weighted by Gasteiger charge is -2.31. The van der Waals surface area contributed by atoms with Crippen LogP contribution in [0.15, 0.2) is 42.6 Å². The lowest BCUT2D eigenvalue weighted by atomic mass is 9.96. The molecular formula is C33H47N9O3. The van der Waals surface area contributed by atoms with Crippen molar-refractivity contribution in [1.29, 1.82) is 0 Å². The zero-order valence-electron chi connectivity index (χ0n) is 27.1. The average molecular weight is 618 g/mol. The van der Waals surface area contributed by atoms with Crippen LogP contribution in [0.3, 0.4) is 0 Å². The number of aromatic nitrogens is 4. The lowest BCUT2D eigenvalue weighted by Crippen LogP contribution is -2.43. The molecule has 3 N–H and O–H groups in total. The fraction of sp³-hybridized carbons (Fsp3) is 0.545. The molecule has 2 amide bonds. The van der Waals surface area contributed by atoms with Crippen molar-refractivity contribution in [3.8, 4) is 0 Å². The summed E-state index contributed by atoms with van der Waals surface area (Å²) in [5.74, 6) is 1.05. The summed E-state index contributed by atoms with van der Waals surface area (Å²) in [7, 11) is 3.92. The summed E-state index contributed by atoms with van der Waals surface area (Å²) in [5, 5.41) is 14.8. The molecule has 12 nitrogen and oxygen atoms in total. The quantitative estimate of drug-likeness (QED) is 0.270. The average Bonchev–Trinajstić information content (AvgIpc) is 3.46. The second kappa shape index (κ2) is 14.8. The number of carbonyl (C=O) groups is 2. The van der Waals surface area contributed by atoms with Crippen LogP contribution in [0.25, 0.3) is 5.65 Å². The SMILES string of the molecule is CC(C)c1cnn2c(NC(C)c3cccc(NC(=O)C4CCCN(C(=O)/C=C/CN(C)C)C4)c3)nc(NC3CCOCC3)nc12. The van der Waals surface area contributed by atoms with E-state index in [2.05, 4.69) is 41.8 Å². The standard InChI is InChI=1S/C33H47N9O3/c1-22(2)28-20-34-42-30(28)38-32(37-26-13-17-45-18-14-26)39-33(42)35-23(3)24-9-6-11-27(19-24)36-31(44)25-10-7-16-41(21-25)29(43)12-8-15-40(4)5/h6,8-9,11-12,19-20,22-23,25-26H,7,10,13-18,21H2,1-5H3,(H,36,44)(H2,35,37,38,39)/b12-8+. The van der Waals surface area contributed by atoms with E-state index in [4.69, 9.17) is 14.7 Å². The van der Waals surface area contributed by atoms with Gasteiger partial charge in [-0.3, -0.25) is 9.59 Å². The molecular weight excluding hydrogens is 570 g/mol. The molecule has 1 aromatic carbocycles. The number of rotatable bonds is 11. The Balaban J connectivity index is 1.27. The highest BCUT2D eigenvalue weighted by atomic mass is 16.5. The van der Waals surface area contributed by atoms with Gasteiger partial charge in [0.05, 0.1) is 18.2 Å². The normalized spacial score (nSPS) is 18.6. The van der Waals surface area contributed by atoms with Crippen LogP contribution in [-0.4, -0.2) is 94.2 Å². The number of hydrogen-bond acceptors (Lipinski definition) is 9. The van der Waals surface area contributed by atoms with Crippen LogP contribution >= 0.6 is 0 Å². The Labute approximate surface area is 265 Å². The molecule has 2 aliphatic rings. The monoisotopic (exact) mass is 617 g/mol. The Kier molecular flexibility index (Phi) is 10.7. The van der Waals surface area contributed by atoms with E-state index in [-0.39, 0.29) is 35.7 Å². The highest BCUT2D eigenvalue weighted by Gasteiger charge is 2.28. The first-order valence-electron chi connectivity index (χ1n) is 16.1. The largest absolute Gasteiger partial charge is 0.381 e. The van der Waals surface area contributed by atoms with Crippen LogP contribution in [0.4, 0.5) is 17.6 Å². The van der Waals surface area contributed by atoms with Gasteiger partial charge in [0.25, 0.3) is 0 Å². The third kappa shape index (κ3) is 8.37. The first-order valence-corrected chi connectivity index (χ1v) is 16.1. The van der Waals surface area contributed by atoms with Crippen molar-refractivity contribution < 1.29 is 14.3 Å². The van der Waals surface area contributed by atoms with Crippen LogP contribution in [0, 0.1) is 5.92 Å². The van der Waals surface area contributed by atoms with Gasteiger partial charge in [-0.1, -0.05) is 32.1 Å². The maximum atomic E-state index is 13.3. The number of piperidine rings is 1. The first-order chi connectivity index (χ1) is 21.7. The van der Waals surface area contributed by atoms with Crippen molar-refractivity contribution in [3.05, 3.63) is 53.7 Å². The number of carbonyl (C=O) groups excluding carboxylic acids is 2. The molecule has 2 aliphatic heterocycles. The Morgan fingerprint density at radius 2 is 1.93 bits per heavy atom. The number of benzene rings is 1. The van der Waals surface area contributed by atoms with Crippen molar-refractivity contribution in [2.75, 3.05) is 62.9 Å². The Morgan fingerprint density at radius 3 is 2.69 bits per heavy atom. The van der Waals surface area contributed by atoms with Crippen LogP contribution in [0.2, 0.25) is 0 Å². The molecule has 3 aromatic rings. The number of hydrogen-bond donors (Lipinski definition) is 3. The van der Waals surface area contributed by atoms with Gasteiger partial charge in [0.1, 0.15) is 0 Å². The number of amides is 2. The summed E-state index contributed by atoms with van der Waals surface area (Å²) < 4.78 is 7.28. The van der Waals surface area contributed by atoms with Gasteiger partial charge in [-0.25, -0.2) is 0 Å². The van der Waals surface area contributed by atoms with Gasteiger partial charge < -0.3 is 30.5 Å². The number of likely N-dealkylation sites (tertiary alicyclic amines) is 1. The number of likely N-dealkylation sites (N-methyl/N-ethyl adjacent to an activating group) is 1. The summed E-state index contributed by atoms with van der Waals surface area (Å²) in [5.41, 5.74) is 3.54. The Bertz CT molecular complexity index is 1500. The highest BCUT2D eigenvalue weighted by Crippen LogP contribution is 2.27. The maximum Gasteiger partial charge on any atom is 0.246 e. The minimum Gasteiger partial charge on any atom is -0.381 e. The van der Waals surface area contributed by atoms with Gasteiger partial charge >= 0.3 is 0 Å². The van der Waals surface area contributed by atoms with Crippen molar-refractivity contribution in [2.24, 2.45) is 5.92 Å². The summed E-state index contributed by atoms with van der Waals surface area (Å²) in [4.78, 5) is 39.4. The predicted molar refractivity (Wildman–Crippen MR) is 176 cm³/mol. The van der Waals surface area contributed by atoms with E-state index in [1.54, 1.807) is 15.5 Å². The molecule has 2 fully saturated rings. The smallest absolute Gasteiger partial charge is 0.246 e. The summed E-state index contributed by atoms with van der Waals surface area (Å²) in [6.07, 6.45) is 8.71. The molecule has 2 unspecified atom stereocenters. The molecule has 2 saturated heterocycles. The molecule has 242 valence electrons. The van der Waals surface area contributed by atoms with Gasteiger partial charge in [0, 0.05) is 56.2 Å². The van der Waals surface area contributed by atoms with Gasteiger partial charge in [0.2, 0.25) is 23.7 Å². The fourth-order valence-corrected chi connectivity index (χ4v) is 5.75. The van der Waals surface area contributed by atoms with E-state index in [0.29, 0.717) is 31.5 Å². The van der Waals surface area contributed by atoms with Gasteiger partial charge in [0.15, 0.2) is 5.65 Å². The van der Waals surface area contributed by atoms with Crippen LogP contribution in [-0.2, 0) is 14.3 Å². The van der Waals surface area contributed by atoms with Gasteiger partial charge in [-0.15, -0.1) is 0 Å². The lowest BCUT2D eigenvalue weighted by molar-refractivity contribution is -0.130. The second-order valence-corrected chi connectivity index (χ2v) is 12.7. The highest BCUT2D eigenvalue weighted by molar-refractivity contribution is 5.94. The maximum absolute atomic E-state index is 13.3. The van der Waals surface area contributed by atoms with E-state index in [9.17, 15) is 9.59 Å². The summed E-state index contributed by atoms with van der Waals surface area (Å²) in [6, 6.07) is 7.95. The Hall–Kier alpha value is -4.03. The minimum absolute atomic E-state index is 0.0427. The molecule has 12 heteroatoms. The number of nitrogens with zero attached hydrogens (tertiary/aromatic N) is 6. The Morgan fingerprint density at radius 1 is 1.13 bits per heavy atom. The van der Waals surface area contributed by atoms with Crippen molar-refractivity contribution in [3.63, 3.8) is 0 Å². The van der Waals surface area contributed by atoms with Gasteiger partial charge in [-0.05, 0) is 70.3 Å². The van der Waals surface area contributed by atoms with E-state index in [1.807, 2.05) is 55.5 Å². The number of fused-ring (bicyclic) bond motifs is 1. The van der Waals surface area contributed by atoms with Crippen molar-refractivity contribution in [2.45, 2.75) is 64.5 Å².